The molecule has 1 atom stereocenters. The Morgan fingerprint density at radius 3 is 3.22 bits per heavy atom. The third-order valence-corrected chi connectivity index (χ3v) is 3.42. The monoisotopic (exact) mass is 262 g/mol. The van der Waals surface area contributed by atoms with Crippen LogP contribution >= 0.6 is 11.7 Å². The van der Waals surface area contributed by atoms with Crippen LogP contribution in [0.25, 0.3) is 0 Å². The number of amides is 1. The maximum Gasteiger partial charge on any atom is 0.289 e. The number of H-pyrrole nitrogens is 1. The Morgan fingerprint density at radius 2 is 2.44 bits per heavy atom. The fourth-order valence-electron chi connectivity index (χ4n) is 1.86. The number of allylic oxidation sites excluding steroid dienone is 1. The van der Waals surface area contributed by atoms with Gasteiger partial charge in [0.15, 0.2) is 0 Å². The van der Waals surface area contributed by atoms with E-state index in [2.05, 4.69) is 35.3 Å². The van der Waals surface area contributed by atoms with E-state index >= 15 is 0 Å². The summed E-state index contributed by atoms with van der Waals surface area (Å²) >= 11 is 1.17. The Hall–Kier alpha value is -2.09. The van der Waals surface area contributed by atoms with Crippen LogP contribution in [0, 0.1) is 0 Å². The number of aromatic amines is 1. The second-order valence-corrected chi connectivity index (χ2v) is 4.52. The van der Waals surface area contributed by atoms with Crippen molar-refractivity contribution in [1.82, 2.24) is 29.2 Å². The van der Waals surface area contributed by atoms with Gasteiger partial charge in [-0.25, -0.2) is 4.98 Å². The van der Waals surface area contributed by atoms with Gasteiger partial charge in [-0.1, -0.05) is 6.08 Å². The molecule has 0 bridgehead atoms. The Balaban J connectivity index is 1.86. The molecule has 92 valence electrons. The quantitative estimate of drug-likeness (QED) is 0.774. The number of carbonyl (C=O) groups is 1. The topological polar surface area (TPSA) is 96.5 Å². The fourth-order valence-corrected chi connectivity index (χ4v) is 2.47. The minimum Gasteiger partial charge on any atom is -0.337 e. The van der Waals surface area contributed by atoms with E-state index in [4.69, 9.17) is 0 Å². The Bertz CT molecular complexity index is 602. The molecule has 7 nitrogen and oxygen atoms in total. The highest BCUT2D eigenvalue weighted by Gasteiger charge is 2.26. The number of hydrogen-bond donors (Lipinski definition) is 2. The normalized spacial score (nSPS) is 18.1. The molecule has 2 N–H and O–H groups in total. The zero-order valence-electron chi connectivity index (χ0n) is 9.54. The van der Waals surface area contributed by atoms with Crippen LogP contribution in [0.1, 0.15) is 35.0 Å². The van der Waals surface area contributed by atoms with Crippen molar-refractivity contribution < 1.29 is 4.79 Å². The van der Waals surface area contributed by atoms with E-state index in [1.165, 1.54) is 18.1 Å². The summed E-state index contributed by atoms with van der Waals surface area (Å²) in [6, 6.07) is -0.231. The van der Waals surface area contributed by atoms with Gasteiger partial charge in [0.1, 0.15) is 12.0 Å². The molecule has 1 aliphatic carbocycles. The predicted octanol–water partition coefficient (Wildman–Crippen LogP) is 0.630. The Labute approximate surface area is 107 Å². The van der Waals surface area contributed by atoms with Crippen LogP contribution in [0.4, 0.5) is 0 Å². The van der Waals surface area contributed by atoms with Crippen molar-refractivity contribution in [2.24, 2.45) is 0 Å². The van der Waals surface area contributed by atoms with E-state index < -0.39 is 0 Å². The first-order valence-electron chi connectivity index (χ1n) is 5.40. The van der Waals surface area contributed by atoms with Gasteiger partial charge < -0.3 is 5.32 Å². The highest BCUT2D eigenvalue weighted by Crippen LogP contribution is 2.28. The number of carbonyl (C=O) groups excluding carboxylic acids is 1. The number of aromatic nitrogens is 5. The van der Waals surface area contributed by atoms with Crippen LogP contribution in [0.3, 0.4) is 0 Å². The molecule has 8 heteroatoms. The van der Waals surface area contributed by atoms with Crippen LogP contribution in [0.2, 0.25) is 0 Å². The predicted molar refractivity (Wildman–Crippen MR) is 64.0 cm³/mol. The Morgan fingerprint density at radius 1 is 1.56 bits per heavy atom. The van der Waals surface area contributed by atoms with Crippen LogP contribution < -0.4 is 5.32 Å². The minimum atomic E-state index is -0.300. The lowest BCUT2D eigenvalue weighted by Crippen LogP contribution is -2.32. The van der Waals surface area contributed by atoms with Gasteiger partial charge in [-0.3, -0.25) is 9.89 Å². The van der Waals surface area contributed by atoms with Crippen molar-refractivity contribution in [2.75, 3.05) is 0 Å². The maximum absolute atomic E-state index is 11.9. The largest absolute Gasteiger partial charge is 0.337 e. The first-order valence-corrected chi connectivity index (χ1v) is 6.13. The highest BCUT2D eigenvalue weighted by atomic mass is 32.1. The number of nitrogens with zero attached hydrogens (tertiary/aromatic N) is 4. The van der Waals surface area contributed by atoms with Gasteiger partial charge in [0.2, 0.25) is 5.82 Å². The zero-order chi connectivity index (χ0) is 12.5. The van der Waals surface area contributed by atoms with Crippen molar-refractivity contribution in [3.05, 3.63) is 35.2 Å². The van der Waals surface area contributed by atoms with Crippen LogP contribution in [0.5, 0.6) is 0 Å². The first-order chi connectivity index (χ1) is 8.75. The number of nitrogens with one attached hydrogen (secondary N) is 2. The molecule has 3 rings (SSSR count). The summed E-state index contributed by atoms with van der Waals surface area (Å²) < 4.78 is 8.46. The van der Waals surface area contributed by atoms with Gasteiger partial charge in [0.25, 0.3) is 5.91 Å². The van der Waals surface area contributed by atoms with Gasteiger partial charge in [-0.15, -0.1) is 0 Å². The second kappa shape index (κ2) is 4.30. The van der Waals surface area contributed by atoms with Crippen molar-refractivity contribution in [3.63, 3.8) is 0 Å². The molecule has 1 aliphatic rings. The number of hydrogen-bond acceptors (Lipinski definition) is 6. The third-order valence-electron chi connectivity index (χ3n) is 2.84. The standard InChI is InChI=1S/C10H10N6OS/c1-5-2-3-6-8(16-18-15-6)7(5)13-10(17)9-11-4-12-14-9/h2,4,7H,3H2,1H3,(H,13,17)(H,11,12,14)/t7-/m1/s1. The van der Waals surface area contributed by atoms with E-state index in [0.29, 0.717) is 0 Å². The lowest BCUT2D eigenvalue weighted by atomic mass is 9.96. The summed E-state index contributed by atoms with van der Waals surface area (Å²) in [6.45, 7) is 1.97. The van der Waals surface area contributed by atoms with Crippen LogP contribution in [-0.4, -0.2) is 29.8 Å². The van der Waals surface area contributed by atoms with Crippen LogP contribution in [0.15, 0.2) is 18.0 Å². The van der Waals surface area contributed by atoms with E-state index in [0.717, 1.165) is 23.4 Å². The van der Waals surface area contributed by atoms with E-state index in [-0.39, 0.29) is 17.8 Å². The van der Waals surface area contributed by atoms with Gasteiger partial charge in [0.05, 0.1) is 23.5 Å². The zero-order valence-corrected chi connectivity index (χ0v) is 10.4. The molecule has 0 radical (unpaired) electrons. The third kappa shape index (κ3) is 1.80. The van der Waals surface area contributed by atoms with Gasteiger partial charge in [0, 0.05) is 6.42 Å². The minimum absolute atomic E-state index is 0.193. The molecule has 0 unspecified atom stereocenters. The van der Waals surface area contributed by atoms with Gasteiger partial charge >= 0.3 is 0 Å². The molecular weight excluding hydrogens is 252 g/mol. The molecule has 0 saturated carbocycles. The summed E-state index contributed by atoms with van der Waals surface area (Å²) in [6.07, 6.45) is 4.12. The van der Waals surface area contributed by atoms with Crippen molar-refractivity contribution in [2.45, 2.75) is 19.4 Å². The summed E-state index contributed by atoms with van der Waals surface area (Å²) in [5.74, 6) is -0.107. The smallest absolute Gasteiger partial charge is 0.289 e. The molecule has 2 aromatic rings. The molecule has 0 aliphatic heterocycles. The SMILES string of the molecule is CC1=CCc2nsnc2[C@@H]1NC(=O)c1ncn[nH]1. The highest BCUT2D eigenvalue weighted by molar-refractivity contribution is 6.99. The summed E-state index contributed by atoms with van der Waals surface area (Å²) in [5, 5.41) is 9.06. The average Bonchev–Trinajstić information content (AvgIpc) is 3.02. The molecule has 2 heterocycles. The van der Waals surface area contributed by atoms with Gasteiger partial charge in [-0.2, -0.15) is 13.8 Å². The van der Waals surface area contributed by atoms with E-state index in [1.54, 1.807) is 0 Å². The molecule has 0 saturated heterocycles. The van der Waals surface area contributed by atoms with E-state index in [9.17, 15) is 4.79 Å². The molecule has 2 aromatic heterocycles. The molecule has 0 aromatic carbocycles. The number of fused-ring (bicyclic) bond motifs is 1. The summed E-state index contributed by atoms with van der Waals surface area (Å²) in [5.41, 5.74) is 2.81. The molecule has 0 spiro atoms. The van der Waals surface area contributed by atoms with Crippen molar-refractivity contribution in [3.8, 4) is 0 Å². The van der Waals surface area contributed by atoms with Crippen molar-refractivity contribution >= 4 is 17.6 Å². The van der Waals surface area contributed by atoms with Gasteiger partial charge in [-0.05, 0) is 12.5 Å². The lowest BCUT2D eigenvalue weighted by molar-refractivity contribution is 0.0931. The molecular formula is C10H10N6OS. The summed E-state index contributed by atoms with van der Waals surface area (Å²) in [7, 11) is 0. The maximum atomic E-state index is 11.9. The first kappa shape index (κ1) is 11.0. The van der Waals surface area contributed by atoms with E-state index in [1.807, 2.05) is 6.92 Å². The average molecular weight is 262 g/mol. The Kier molecular flexibility index (Phi) is 2.63. The summed E-state index contributed by atoms with van der Waals surface area (Å²) in [4.78, 5) is 15.8. The number of rotatable bonds is 2. The lowest BCUT2D eigenvalue weighted by Gasteiger charge is -2.21. The molecule has 0 fully saturated rings. The molecule has 18 heavy (non-hydrogen) atoms. The van der Waals surface area contributed by atoms with Crippen molar-refractivity contribution in [1.29, 1.82) is 0 Å². The second-order valence-electron chi connectivity index (χ2n) is 3.99. The molecule has 1 amide bonds. The van der Waals surface area contributed by atoms with Crippen LogP contribution in [-0.2, 0) is 6.42 Å². The fraction of sp³-hybridized carbons (Fsp3) is 0.300.